The Labute approximate surface area is 157 Å². The van der Waals surface area contributed by atoms with Crippen molar-refractivity contribution in [3.05, 3.63) is 34.9 Å². The fraction of sp³-hybridized carbons (Fsp3) is 0.619. The molecule has 4 heteroatoms. The van der Waals surface area contributed by atoms with E-state index in [9.17, 15) is 9.59 Å². The van der Waals surface area contributed by atoms with Crippen LogP contribution in [0.3, 0.4) is 0 Å². The Hall–Kier alpha value is -1.35. The number of carbonyl (C=O) groups excluding carboxylic acids is 2. The van der Waals surface area contributed by atoms with Gasteiger partial charge in [0.05, 0.1) is 12.1 Å². The van der Waals surface area contributed by atoms with Crippen molar-refractivity contribution < 1.29 is 14.3 Å². The molecular formula is C21H31ClO3. The van der Waals surface area contributed by atoms with Crippen LogP contribution < -0.4 is 0 Å². The van der Waals surface area contributed by atoms with Gasteiger partial charge in [-0.25, -0.2) is 0 Å². The number of halogens is 1. The number of Topliss-reactive ketones (excluding diaryl/α,β-unsaturated/α-hetero) is 1. The fourth-order valence-corrected chi connectivity index (χ4v) is 3.13. The lowest BCUT2D eigenvalue weighted by Gasteiger charge is -2.05. The summed E-state index contributed by atoms with van der Waals surface area (Å²) < 4.78 is 4.62. The van der Waals surface area contributed by atoms with Gasteiger partial charge in [0.2, 0.25) is 5.78 Å². The van der Waals surface area contributed by atoms with E-state index >= 15 is 0 Å². The molecule has 1 atom stereocenters. The molecule has 0 heterocycles. The summed E-state index contributed by atoms with van der Waals surface area (Å²) in [6.45, 7) is 2.21. The van der Waals surface area contributed by atoms with Crippen molar-refractivity contribution in [2.75, 3.05) is 7.11 Å². The van der Waals surface area contributed by atoms with Gasteiger partial charge in [0.1, 0.15) is 0 Å². The maximum absolute atomic E-state index is 12.2. The molecule has 0 amide bonds. The predicted octanol–water partition coefficient (Wildman–Crippen LogP) is 5.88. The quantitative estimate of drug-likeness (QED) is 0.187. The molecule has 0 saturated heterocycles. The summed E-state index contributed by atoms with van der Waals surface area (Å²) in [4.78, 5) is 23.2. The molecule has 0 saturated carbocycles. The number of rotatable bonds is 12. The molecular weight excluding hydrogens is 336 g/mol. The van der Waals surface area contributed by atoms with Crippen molar-refractivity contribution in [3.8, 4) is 0 Å². The largest absolute Gasteiger partial charge is 0.469 e. The molecule has 0 aromatic rings. The maximum Gasteiger partial charge on any atom is 0.305 e. The zero-order valence-corrected chi connectivity index (χ0v) is 16.3. The third-order valence-electron chi connectivity index (χ3n) is 4.41. The molecule has 0 aromatic carbocycles. The average molecular weight is 367 g/mol. The Morgan fingerprint density at radius 1 is 1.16 bits per heavy atom. The van der Waals surface area contributed by atoms with Crippen molar-refractivity contribution in [1.29, 1.82) is 0 Å². The molecule has 0 aromatic heterocycles. The number of allylic oxidation sites excluding steroid dienone is 6. The van der Waals surface area contributed by atoms with Crippen molar-refractivity contribution in [2.45, 2.75) is 71.1 Å². The summed E-state index contributed by atoms with van der Waals surface area (Å²) in [5, 5.41) is 0.331. The van der Waals surface area contributed by atoms with E-state index in [1.54, 1.807) is 0 Å². The fourth-order valence-electron chi connectivity index (χ4n) is 2.88. The first-order chi connectivity index (χ1) is 12.1. The van der Waals surface area contributed by atoms with Crippen LogP contribution in [0.25, 0.3) is 0 Å². The number of methoxy groups -OCH3 is 1. The van der Waals surface area contributed by atoms with Crippen LogP contribution >= 0.6 is 11.6 Å². The van der Waals surface area contributed by atoms with E-state index in [0.29, 0.717) is 11.5 Å². The first kappa shape index (κ1) is 21.7. The van der Waals surface area contributed by atoms with Gasteiger partial charge >= 0.3 is 5.97 Å². The number of esters is 1. The highest BCUT2D eigenvalue weighted by atomic mass is 35.5. The summed E-state index contributed by atoms with van der Waals surface area (Å²) in [7, 11) is 1.41. The first-order valence-electron chi connectivity index (χ1n) is 9.45. The van der Waals surface area contributed by atoms with Crippen LogP contribution in [0.15, 0.2) is 34.9 Å². The van der Waals surface area contributed by atoms with E-state index in [2.05, 4.69) is 23.8 Å². The molecule has 1 aliphatic rings. The molecule has 0 N–H and O–H groups in total. The minimum absolute atomic E-state index is 0.0150. The van der Waals surface area contributed by atoms with Crippen molar-refractivity contribution >= 4 is 23.4 Å². The van der Waals surface area contributed by atoms with Gasteiger partial charge in [0.25, 0.3) is 0 Å². The van der Waals surface area contributed by atoms with Gasteiger partial charge in [0, 0.05) is 17.9 Å². The van der Waals surface area contributed by atoms with Gasteiger partial charge in [-0.05, 0) is 32.1 Å². The summed E-state index contributed by atoms with van der Waals surface area (Å²) >= 11 is 6.03. The van der Waals surface area contributed by atoms with Crippen molar-refractivity contribution in [1.82, 2.24) is 0 Å². The third-order valence-corrected chi connectivity index (χ3v) is 4.71. The summed E-state index contributed by atoms with van der Waals surface area (Å²) in [5.74, 6) is -0.192. The Balaban J connectivity index is 2.39. The zero-order chi connectivity index (χ0) is 18.5. The number of ether oxygens (including phenoxy) is 1. The van der Waals surface area contributed by atoms with Gasteiger partial charge in [-0.2, -0.15) is 0 Å². The van der Waals surface area contributed by atoms with Gasteiger partial charge in [-0.3, -0.25) is 9.59 Å². The van der Waals surface area contributed by atoms with E-state index < -0.39 is 0 Å². The van der Waals surface area contributed by atoms with Gasteiger partial charge < -0.3 is 4.74 Å². The highest BCUT2D eigenvalue weighted by molar-refractivity contribution is 6.46. The minimum Gasteiger partial charge on any atom is -0.469 e. The highest BCUT2D eigenvalue weighted by Crippen LogP contribution is 2.31. The van der Waals surface area contributed by atoms with Gasteiger partial charge in [0.15, 0.2) is 0 Å². The van der Waals surface area contributed by atoms with Crippen molar-refractivity contribution in [3.63, 3.8) is 0 Å². The normalized spacial score (nSPS) is 19.0. The maximum atomic E-state index is 12.2. The van der Waals surface area contributed by atoms with Crippen LogP contribution in [0.1, 0.15) is 71.1 Å². The van der Waals surface area contributed by atoms with Crippen LogP contribution in [0.4, 0.5) is 0 Å². The Kier molecular flexibility index (Phi) is 11.2. The Bertz CT molecular complexity index is 517. The summed E-state index contributed by atoms with van der Waals surface area (Å²) in [6, 6.07) is 0. The lowest BCUT2D eigenvalue weighted by atomic mass is 9.98. The van der Waals surface area contributed by atoms with Crippen LogP contribution in [0.2, 0.25) is 0 Å². The van der Waals surface area contributed by atoms with Crippen LogP contribution in [0, 0.1) is 5.92 Å². The second kappa shape index (κ2) is 12.9. The first-order valence-corrected chi connectivity index (χ1v) is 9.83. The molecule has 0 spiro atoms. The number of carbonyl (C=O) groups is 2. The smallest absolute Gasteiger partial charge is 0.305 e. The zero-order valence-electron chi connectivity index (χ0n) is 15.6. The Morgan fingerprint density at radius 3 is 2.60 bits per heavy atom. The predicted molar refractivity (Wildman–Crippen MR) is 104 cm³/mol. The minimum atomic E-state index is -0.163. The molecule has 0 radical (unpaired) electrons. The molecule has 1 unspecified atom stereocenters. The molecule has 25 heavy (non-hydrogen) atoms. The molecule has 0 fully saturated rings. The standard InChI is InChI=1S/C21H31ClO3/c1-3-4-5-6-7-10-13-17-16-19(22)21(24)18(17)14-11-8-9-12-15-20(23)25-2/h10,13-14,16-17H,3-9,11-12,15H2,1-2H3/b13-10+,18-14-. The summed E-state index contributed by atoms with van der Waals surface area (Å²) in [6.07, 6.45) is 18.2. The lowest BCUT2D eigenvalue weighted by Crippen LogP contribution is -2.02. The van der Waals surface area contributed by atoms with E-state index in [1.807, 2.05) is 12.2 Å². The molecule has 140 valence electrons. The molecule has 1 aliphatic carbocycles. The number of ketones is 1. The highest BCUT2D eigenvalue weighted by Gasteiger charge is 2.26. The molecule has 3 nitrogen and oxygen atoms in total. The van der Waals surface area contributed by atoms with E-state index in [0.717, 1.165) is 37.7 Å². The van der Waals surface area contributed by atoms with E-state index in [1.165, 1.54) is 32.8 Å². The SMILES string of the molecule is CCCCCC/C=C/C1C=C(Cl)C(=O)/C1=C\CCCCCC(=O)OC. The van der Waals surface area contributed by atoms with Gasteiger partial charge in [-0.1, -0.05) is 68.5 Å². The number of hydrogen-bond donors (Lipinski definition) is 0. The van der Waals surface area contributed by atoms with E-state index in [-0.39, 0.29) is 17.7 Å². The third kappa shape index (κ3) is 8.53. The average Bonchev–Trinajstić information content (AvgIpc) is 2.88. The molecule has 0 aliphatic heterocycles. The van der Waals surface area contributed by atoms with Crippen LogP contribution in [0.5, 0.6) is 0 Å². The Morgan fingerprint density at radius 2 is 1.88 bits per heavy atom. The van der Waals surface area contributed by atoms with Gasteiger partial charge in [-0.15, -0.1) is 0 Å². The molecule has 1 rings (SSSR count). The topological polar surface area (TPSA) is 43.4 Å². The number of unbranched alkanes of at least 4 members (excludes halogenated alkanes) is 7. The van der Waals surface area contributed by atoms with Crippen LogP contribution in [-0.2, 0) is 14.3 Å². The second-order valence-electron chi connectivity index (χ2n) is 6.48. The van der Waals surface area contributed by atoms with Crippen molar-refractivity contribution in [2.24, 2.45) is 5.92 Å². The van der Waals surface area contributed by atoms with E-state index in [4.69, 9.17) is 11.6 Å². The number of hydrogen-bond acceptors (Lipinski definition) is 3. The summed E-state index contributed by atoms with van der Waals surface area (Å²) in [5.41, 5.74) is 0.794. The lowest BCUT2D eigenvalue weighted by molar-refractivity contribution is -0.140. The monoisotopic (exact) mass is 366 g/mol. The second-order valence-corrected chi connectivity index (χ2v) is 6.89. The van der Waals surface area contributed by atoms with Crippen LogP contribution in [-0.4, -0.2) is 18.9 Å². The molecule has 0 bridgehead atoms.